The van der Waals surface area contributed by atoms with Crippen molar-refractivity contribution in [3.63, 3.8) is 0 Å². The molecule has 13 heteroatoms. The van der Waals surface area contributed by atoms with Gasteiger partial charge in [0.15, 0.2) is 12.4 Å². The summed E-state index contributed by atoms with van der Waals surface area (Å²) in [6.07, 6.45) is 39.4. The van der Waals surface area contributed by atoms with E-state index in [1.807, 2.05) is 0 Å². The Kier molecular flexibility index (Phi) is 35.5. The number of allylic oxidation sites excluding steroid dienone is 12. The van der Waals surface area contributed by atoms with Gasteiger partial charge in [0.2, 0.25) is 0 Å². The molecule has 0 aromatic carbocycles. The van der Waals surface area contributed by atoms with E-state index in [1.165, 1.54) is 44.9 Å². The lowest BCUT2D eigenvalue weighted by atomic mass is 10.00. The first-order chi connectivity index (χ1) is 30.0. The molecule has 0 aromatic heterocycles. The SMILES string of the molecule is CCCCC/C=C/C/C=C/C/C=C/C/C=C/CCCCCC(=O)OC[C@H](CO[C@H]1O[C@H](CS(=O)(=O)O)[C@@H](O)C(O)C1O)OC(=O)CCCCCCC/C=C/C=C/CCCCCC. The molecule has 0 bridgehead atoms. The van der Waals surface area contributed by atoms with Crippen LogP contribution in [-0.2, 0) is 38.7 Å². The van der Waals surface area contributed by atoms with Gasteiger partial charge in [0, 0.05) is 12.8 Å². The number of esters is 2. The van der Waals surface area contributed by atoms with E-state index in [9.17, 15) is 37.9 Å². The largest absolute Gasteiger partial charge is 0.462 e. The third-order valence-electron chi connectivity index (χ3n) is 10.3. The molecule has 1 fully saturated rings. The summed E-state index contributed by atoms with van der Waals surface area (Å²) < 4.78 is 54.1. The molecule has 4 N–H and O–H groups in total. The first-order valence-corrected chi connectivity index (χ1v) is 25.1. The molecule has 1 saturated heterocycles. The molecule has 0 amide bonds. The second kappa shape index (κ2) is 38.5. The Morgan fingerprint density at radius 1 is 0.565 bits per heavy atom. The van der Waals surface area contributed by atoms with Crippen LogP contribution in [0.4, 0.5) is 0 Å². The first-order valence-electron chi connectivity index (χ1n) is 23.5. The topological polar surface area (TPSA) is 186 Å². The monoisotopic (exact) mass is 895 g/mol. The molecule has 0 spiro atoms. The number of hydrogen-bond acceptors (Lipinski definition) is 11. The van der Waals surface area contributed by atoms with Crippen LogP contribution in [0.25, 0.3) is 0 Å². The van der Waals surface area contributed by atoms with Crippen LogP contribution < -0.4 is 0 Å². The maximum atomic E-state index is 12.8. The summed E-state index contributed by atoms with van der Waals surface area (Å²) in [6.45, 7) is 3.66. The lowest BCUT2D eigenvalue weighted by Crippen LogP contribution is -2.60. The zero-order valence-electron chi connectivity index (χ0n) is 37.9. The predicted molar refractivity (Wildman–Crippen MR) is 247 cm³/mol. The Morgan fingerprint density at radius 2 is 1.02 bits per heavy atom. The van der Waals surface area contributed by atoms with Crippen LogP contribution in [0.15, 0.2) is 72.9 Å². The summed E-state index contributed by atoms with van der Waals surface area (Å²) in [5.41, 5.74) is 0. The van der Waals surface area contributed by atoms with Gasteiger partial charge < -0.3 is 34.3 Å². The fourth-order valence-corrected chi connectivity index (χ4v) is 7.28. The second-order valence-corrected chi connectivity index (χ2v) is 17.6. The number of unbranched alkanes of at least 4 members (excludes halogenated alkanes) is 15. The molecule has 1 aliphatic rings. The van der Waals surface area contributed by atoms with Crippen molar-refractivity contribution in [2.24, 2.45) is 0 Å². The predicted octanol–water partition coefficient (Wildman–Crippen LogP) is 9.89. The highest BCUT2D eigenvalue weighted by Gasteiger charge is 2.46. The summed E-state index contributed by atoms with van der Waals surface area (Å²) in [5, 5.41) is 30.9. The zero-order valence-corrected chi connectivity index (χ0v) is 38.8. The molecule has 6 atom stereocenters. The van der Waals surface area contributed by atoms with Crippen molar-refractivity contribution in [1.82, 2.24) is 0 Å². The average molecular weight is 895 g/mol. The van der Waals surface area contributed by atoms with Crippen LogP contribution in [0.2, 0.25) is 0 Å². The van der Waals surface area contributed by atoms with Gasteiger partial charge in [-0.25, -0.2) is 0 Å². The van der Waals surface area contributed by atoms with Crippen LogP contribution in [0.1, 0.15) is 168 Å². The smallest absolute Gasteiger partial charge is 0.306 e. The van der Waals surface area contributed by atoms with Crippen molar-refractivity contribution >= 4 is 22.1 Å². The zero-order chi connectivity index (χ0) is 45.5. The van der Waals surface area contributed by atoms with Crippen molar-refractivity contribution in [2.45, 2.75) is 205 Å². The van der Waals surface area contributed by atoms with Crippen LogP contribution >= 0.6 is 0 Å². The van der Waals surface area contributed by atoms with Gasteiger partial charge in [0.25, 0.3) is 10.1 Å². The second-order valence-electron chi connectivity index (χ2n) is 16.1. The van der Waals surface area contributed by atoms with E-state index in [1.54, 1.807) is 0 Å². The molecule has 0 aromatic rings. The fourth-order valence-electron chi connectivity index (χ4n) is 6.59. The number of aliphatic hydroxyl groups excluding tert-OH is 3. The lowest BCUT2D eigenvalue weighted by Gasteiger charge is -2.40. The molecule has 0 saturated carbocycles. The third-order valence-corrected chi connectivity index (χ3v) is 11.0. The van der Waals surface area contributed by atoms with Gasteiger partial charge in [-0.05, 0) is 83.5 Å². The third kappa shape index (κ3) is 32.7. The maximum Gasteiger partial charge on any atom is 0.306 e. The van der Waals surface area contributed by atoms with Crippen LogP contribution in [0.5, 0.6) is 0 Å². The highest BCUT2D eigenvalue weighted by atomic mass is 32.2. The van der Waals surface area contributed by atoms with E-state index in [0.29, 0.717) is 12.8 Å². The van der Waals surface area contributed by atoms with Gasteiger partial charge in [-0.15, -0.1) is 0 Å². The average Bonchev–Trinajstić information content (AvgIpc) is 3.24. The highest BCUT2D eigenvalue weighted by molar-refractivity contribution is 7.85. The molecule has 0 aliphatic carbocycles. The van der Waals surface area contributed by atoms with E-state index >= 15 is 0 Å². The molecule has 12 nitrogen and oxygen atoms in total. The summed E-state index contributed by atoms with van der Waals surface area (Å²) in [6, 6.07) is 0. The summed E-state index contributed by atoms with van der Waals surface area (Å²) in [7, 11) is -4.61. The number of carbonyl (C=O) groups excluding carboxylic acids is 2. The minimum absolute atomic E-state index is 0.136. The Balaban J connectivity index is 2.47. The van der Waals surface area contributed by atoms with Crippen LogP contribution in [-0.4, -0.2) is 96.0 Å². The van der Waals surface area contributed by atoms with E-state index < -0.39 is 71.2 Å². The van der Waals surface area contributed by atoms with Crippen molar-refractivity contribution < 1.29 is 56.8 Å². The summed E-state index contributed by atoms with van der Waals surface area (Å²) in [5.74, 6) is -2.05. The van der Waals surface area contributed by atoms with Crippen LogP contribution in [0, 0.1) is 0 Å². The molecular formula is C49H82O12S. The number of rotatable bonds is 38. The molecular weight excluding hydrogens is 813 g/mol. The number of carbonyl (C=O) groups is 2. The maximum absolute atomic E-state index is 12.8. The molecule has 0 radical (unpaired) electrons. The minimum Gasteiger partial charge on any atom is -0.462 e. The van der Waals surface area contributed by atoms with E-state index in [4.69, 9.17) is 18.9 Å². The van der Waals surface area contributed by atoms with Gasteiger partial charge in [-0.3, -0.25) is 14.1 Å². The Morgan fingerprint density at radius 3 is 1.58 bits per heavy atom. The first kappa shape index (κ1) is 57.1. The van der Waals surface area contributed by atoms with Gasteiger partial charge >= 0.3 is 11.9 Å². The van der Waals surface area contributed by atoms with E-state index in [0.717, 1.165) is 83.5 Å². The minimum atomic E-state index is -4.61. The Hall–Kier alpha value is -2.91. The molecule has 1 heterocycles. The fraction of sp³-hybridized carbons (Fsp3) is 0.714. The summed E-state index contributed by atoms with van der Waals surface area (Å²) in [4.78, 5) is 25.4. The quantitative estimate of drug-likeness (QED) is 0.0151. The van der Waals surface area contributed by atoms with Gasteiger partial charge in [-0.1, -0.05) is 145 Å². The highest BCUT2D eigenvalue weighted by Crippen LogP contribution is 2.24. The lowest BCUT2D eigenvalue weighted by molar-refractivity contribution is -0.297. The molecule has 1 aliphatic heterocycles. The van der Waals surface area contributed by atoms with Crippen molar-refractivity contribution in [3.8, 4) is 0 Å². The van der Waals surface area contributed by atoms with Crippen molar-refractivity contribution in [2.75, 3.05) is 19.0 Å². The molecule has 356 valence electrons. The van der Waals surface area contributed by atoms with Crippen LogP contribution in [0.3, 0.4) is 0 Å². The number of hydrogen-bond donors (Lipinski definition) is 4. The molecule has 62 heavy (non-hydrogen) atoms. The van der Waals surface area contributed by atoms with E-state index in [-0.39, 0.29) is 19.4 Å². The Labute approximate surface area is 374 Å². The normalized spacial score (nSPS) is 20.5. The van der Waals surface area contributed by atoms with Gasteiger partial charge in [0.05, 0.1) is 6.61 Å². The molecule has 1 rings (SSSR count). The number of aliphatic hydroxyl groups is 3. The van der Waals surface area contributed by atoms with Gasteiger partial charge in [0.1, 0.15) is 36.8 Å². The van der Waals surface area contributed by atoms with E-state index in [2.05, 4.69) is 86.8 Å². The van der Waals surface area contributed by atoms with Gasteiger partial charge in [-0.2, -0.15) is 8.42 Å². The standard InChI is InChI=1S/C49H82O12S/c1-3-5-7-9-11-13-15-17-19-20-21-22-24-25-27-29-31-33-35-37-44(50)58-39-42(40-59-49-48(54)47(53)46(52)43(61-49)41-62(55,56)57)60-45(51)38-36-34-32-30-28-26-23-18-16-14-12-10-8-6-4-2/h11,13-14,16-19,21-23,25,27,42-43,46-49,52-54H,3-10,12,15,20,24,26,28-41H2,1-2H3,(H,55,56,57)/b13-11+,16-14+,19-17+,22-21+,23-18+,27-25+/t42-,43-,46-,47?,48?,49+/m1/s1. The molecule has 2 unspecified atom stereocenters. The number of ether oxygens (including phenoxy) is 4. The summed E-state index contributed by atoms with van der Waals surface area (Å²) >= 11 is 0. The van der Waals surface area contributed by atoms with Crippen molar-refractivity contribution in [1.29, 1.82) is 0 Å². The Bertz CT molecular complexity index is 1420. The van der Waals surface area contributed by atoms with Crippen molar-refractivity contribution in [3.05, 3.63) is 72.9 Å².